The molecule has 1 fully saturated rings. The largest absolute Gasteiger partial charge is 0.370 e. The molecule has 1 amide bonds. The van der Waals surface area contributed by atoms with E-state index in [0.29, 0.717) is 17.7 Å². The summed E-state index contributed by atoms with van der Waals surface area (Å²) in [6.07, 6.45) is 2.17. The standard InChI is InChI=1S/C12H20N6O/c1-3-14-9-6-10(17-12(13)16-9)18(2)7-11(19)15-8-4-5-8/h6,8H,3-5,7H2,1-2H3,(H,15,19)(H3,13,14,16,17). The summed E-state index contributed by atoms with van der Waals surface area (Å²) in [5.41, 5.74) is 5.66. The summed E-state index contributed by atoms with van der Waals surface area (Å²) in [7, 11) is 1.81. The van der Waals surface area contributed by atoms with Gasteiger partial charge in [-0.25, -0.2) is 0 Å². The lowest BCUT2D eigenvalue weighted by Crippen LogP contribution is -2.36. The number of carbonyl (C=O) groups is 1. The number of nitrogen functional groups attached to an aromatic ring is 1. The van der Waals surface area contributed by atoms with Gasteiger partial charge in [0.15, 0.2) is 0 Å². The lowest BCUT2D eigenvalue weighted by molar-refractivity contribution is -0.119. The molecule has 0 saturated heterocycles. The fraction of sp³-hybridized carbons (Fsp3) is 0.583. The minimum atomic E-state index is 0.00665. The molecule has 0 radical (unpaired) electrons. The molecule has 1 heterocycles. The van der Waals surface area contributed by atoms with Crippen LogP contribution in [0.5, 0.6) is 0 Å². The maximum Gasteiger partial charge on any atom is 0.239 e. The quantitative estimate of drug-likeness (QED) is 0.679. The van der Waals surface area contributed by atoms with E-state index in [0.717, 1.165) is 19.4 Å². The van der Waals surface area contributed by atoms with Crippen molar-refractivity contribution in [3.63, 3.8) is 0 Å². The molecule has 0 bridgehead atoms. The Morgan fingerprint density at radius 2 is 2.26 bits per heavy atom. The van der Waals surface area contributed by atoms with Gasteiger partial charge in [0.05, 0.1) is 6.54 Å². The first kappa shape index (κ1) is 13.4. The van der Waals surface area contributed by atoms with Crippen molar-refractivity contribution in [2.45, 2.75) is 25.8 Å². The van der Waals surface area contributed by atoms with Crippen LogP contribution in [0, 0.1) is 0 Å². The van der Waals surface area contributed by atoms with Gasteiger partial charge in [-0.05, 0) is 19.8 Å². The Kier molecular flexibility index (Phi) is 4.03. The fourth-order valence-electron chi connectivity index (χ4n) is 1.72. The van der Waals surface area contributed by atoms with E-state index in [1.54, 1.807) is 11.0 Å². The van der Waals surface area contributed by atoms with Gasteiger partial charge in [-0.1, -0.05) is 0 Å². The van der Waals surface area contributed by atoms with Crippen LogP contribution < -0.4 is 21.3 Å². The predicted octanol–water partition coefficient (Wildman–Crippen LogP) is 0.205. The second-order valence-electron chi connectivity index (χ2n) is 4.70. The van der Waals surface area contributed by atoms with Crippen molar-refractivity contribution in [1.82, 2.24) is 15.3 Å². The van der Waals surface area contributed by atoms with Gasteiger partial charge in [0.25, 0.3) is 0 Å². The molecule has 2 rings (SSSR count). The smallest absolute Gasteiger partial charge is 0.239 e. The molecule has 7 heteroatoms. The predicted molar refractivity (Wildman–Crippen MR) is 75.0 cm³/mol. The third-order valence-electron chi connectivity index (χ3n) is 2.80. The number of nitrogens with one attached hydrogen (secondary N) is 2. The van der Waals surface area contributed by atoms with Crippen LogP contribution in [-0.2, 0) is 4.79 Å². The number of likely N-dealkylation sites (N-methyl/N-ethyl adjacent to an activating group) is 1. The highest BCUT2D eigenvalue weighted by atomic mass is 16.2. The molecule has 104 valence electrons. The number of hydrogen-bond acceptors (Lipinski definition) is 6. The first-order chi connectivity index (χ1) is 9.08. The van der Waals surface area contributed by atoms with Gasteiger partial charge in [0.1, 0.15) is 11.6 Å². The van der Waals surface area contributed by atoms with Crippen molar-refractivity contribution in [2.24, 2.45) is 0 Å². The molecule has 0 atom stereocenters. The van der Waals surface area contributed by atoms with Gasteiger partial charge >= 0.3 is 0 Å². The minimum absolute atomic E-state index is 0.00665. The minimum Gasteiger partial charge on any atom is -0.370 e. The summed E-state index contributed by atoms with van der Waals surface area (Å²) in [6.45, 7) is 2.99. The number of amides is 1. The molecule has 1 saturated carbocycles. The summed E-state index contributed by atoms with van der Waals surface area (Å²) in [6, 6.07) is 2.15. The molecule has 19 heavy (non-hydrogen) atoms. The Morgan fingerprint density at radius 3 is 2.89 bits per heavy atom. The van der Waals surface area contributed by atoms with Crippen LogP contribution in [0.3, 0.4) is 0 Å². The van der Waals surface area contributed by atoms with Gasteiger partial charge in [0.2, 0.25) is 11.9 Å². The van der Waals surface area contributed by atoms with Gasteiger partial charge in [-0.3, -0.25) is 4.79 Å². The Bertz CT molecular complexity index is 460. The molecule has 0 unspecified atom stereocenters. The SMILES string of the molecule is CCNc1cc(N(C)CC(=O)NC2CC2)nc(N)n1. The number of aromatic nitrogens is 2. The van der Waals surface area contributed by atoms with Crippen LogP contribution in [0.2, 0.25) is 0 Å². The molecule has 1 aromatic heterocycles. The number of rotatable bonds is 6. The van der Waals surface area contributed by atoms with Gasteiger partial charge in [0, 0.05) is 25.7 Å². The van der Waals surface area contributed by atoms with Crippen LogP contribution in [-0.4, -0.2) is 42.1 Å². The van der Waals surface area contributed by atoms with Gasteiger partial charge in [-0.15, -0.1) is 0 Å². The Hall–Kier alpha value is -2.05. The average Bonchev–Trinajstić information content (AvgIpc) is 3.12. The molecule has 0 spiro atoms. The maximum absolute atomic E-state index is 11.7. The van der Waals surface area contributed by atoms with E-state index in [2.05, 4.69) is 20.6 Å². The Labute approximate surface area is 112 Å². The Morgan fingerprint density at radius 1 is 1.53 bits per heavy atom. The van der Waals surface area contributed by atoms with Crippen LogP contribution in [0.4, 0.5) is 17.6 Å². The van der Waals surface area contributed by atoms with Crippen molar-refractivity contribution in [3.05, 3.63) is 6.07 Å². The second-order valence-corrected chi connectivity index (χ2v) is 4.70. The van der Waals surface area contributed by atoms with Crippen molar-refractivity contribution in [2.75, 3.05) is 36.1 Å². The molecule has 4 N–H and O–H groups in total. The van der Waals surface area contributed by atoms with E-state index >= 15 is 0 Å². The summed E-state index contributed by atoms with van der Waals surface area (Å²) in [5, 5.41) is 6.02. The van der Waals surface area contributed by atoms with Gasteiger partial charge in [-0.2, -0.15) is 9.97 Å². The van der Waals surface area contributed by atoms with Crippen LogP contribution in [0.25, 0.3) is 0 Å². The third-order valence-corrected chi connectivity index (χ3v) is 2.80. The summed E-state index contributed by atoms with van der Waals surface area (Å²) >= 11 is 0. The topological polar surface area (TPSA) is 96.2 Å². The van der Waals surface area contributed by atoms with Crippen molar-refractivity contribution < 1.29 is 4.79 Å². The van der Waals surface area contributed by atoms with Crippen LogP contribution in [0.15, 0.2) is 6.07 Å². The monoisotopic (exact) mass is 264 g/mol. The molecule has 1 aliphatic carbocycles. The van der Waals surface area contributed by atoms with Crippen molar-refractivity contribution in [3.8, 4) is 0 Å². The first-order valence-corrected chi connectivity index (χ1v) is 6.47. The number of nitrogens with zero attached hydrogens (tertiary/aromatic N) is 3. The molecule has 0 aliphatic heterocycles. The normalized spacial score (nSPS) is 14.0. The zero-order valence-corrected chi connectivity index (χ0v) is 11.3. The molecule has 0 aromatic carbocycles. The first-order valence-electron chi connectivity index (χ1n) is 6.47. The molecule has 7 nitrogen and oxygen atoms in total. The number of nitrogens with two attached hydrogens (primary N) is 1. The third kappa shape index (κ3) is 3.97. The van der Waals surface area contributed by atoms with E-state index in [4.69, 9.17) is 5.73 Å². The van der Waals surface area contributed by atoms with Crippen molar-refractivity contribution >= 4 is 23.5 Å². The summed E-state index contributed by atoms with van der Waals surface area (Å²) in [5.74, 6) is 1.50. The highest BCUT2D eigenvalue weighted by molar-refractivity contribution is 5.81. The summed E-state index contributed by atoms with van der Waals surface area (Å²) in [4.78, 5) is 21.7. The van der Waals surface area contributed by atoms with Gasteiger partial charge < -0.3 is 21.3 Å². The second kappa shape index (κ2) is 5.73. The highest BCUT2D eigenvalue weighted by Crippen LogP contribution is 2.19. The van der Waals surface area contributed by atoms with E-state index in [1.165, 1.54) is 0 Å². The van der Waals surface area contributed by atoms with E-state index < -0.39 is 0 Å². The maximum atomic E-state index is 11.7. The molecule has 1 aromatic rings. The molecular weight excluding hydrogens is 244 g/mol. The molecular formula is C12H20N6O. The zero-order valence-electron chi connectivity index (χ0n) is 11.3. The summed E-state index contributed by atoms with van der Waals surface area (Å²) < 4.78 is 0. The average molecular weight is 264 g/mol. The highest BCUT2D eigenvalue weighted by Gasteiger charge is 2.23. The van der Waals surface area contributed by atoms with E-state index in [1.807, 2.05) is 14.0 Å². The number of anilines is 3. The number of carbonyl (C=O) groups excluding carboxylic acids is 1. The van der Waals surface area contributed by atoms with Crippen LogP contribution in [0.1, 0.15) is 19.8 Å². The van der Waals surface area contributed by atoms with E-state index in [-0.39, 0.29) is 18.4 Å². The Balaban J connectivity index is 2.00. The zero-order chi connectivity index (χ0) is 13.8. The van der Waals surface area contributed by atoms with Crippen LogP contribution >= 0.6 is 0 Å². The van der Waals surface area contributed by atoms with E-state index in [9.17, 15) is 4.79 Å². The van der Waals surface area contributed by atoms with Crippen molar-refractivity contribution in [1.29, 1.82) is 0 Å². The lowest BCUT2D eigenvalue weighted by Gasteiger charge is -2.18. The lowest BCUT2D eigenvalue weighted by atomic mass is 10.4. The molecule has 1 aliphatic rings. The number of hydrogen-bond donors (Lipinski definition) is 3. The fourth-order valence-corrected chi connectivity index (χ4v) is 1.72.